The summed E-state index contributed by atoms with van der Waals surface area (Å²) in [5.74, 6) is 1.30. The third-order valence-corrected chi connectivity index (χ3v) is 6.75. The Kier molecular flexibility index (Phi) is 6.21. The van der Waals surface area contributed by atoms with E-state index >= 15 is 0 Å². The van der Waals surface area contributed by atoms with Crippen LogP contribution in [0.1, 0.15) is 26.1 Å². The number of anilines is 1. The number of nitriles is 1. The topological polar surface area (TPSA) is 79.2 Å². The Morgan fingerprint density at radius 1 is 1.15 bits per heavy atom. The van der Waals surface area contributed by atoms with Gasteiger partial charge in [-0.05, 0) is 35.9 Å². The standard InChI is InChI=1S/C19H16N2O3S2/c20-11-13-2-1-3-16(10-13)21-17(22)12-24-18(23)14-4-6-15(7-5-14)19-25-8-9-26-19/h1-7,10,19H,8-9,12H2,(H,21,22). The van der Waals surface area contributed by atoms with Gasteiger partial charge in [-0.2, -0.15) is 5.26 Å². The van der Waals surface area contributed by atoms with Crippen molar-refractivity contribution in [3.8, 4) is 6.07 Å². The molecule has 2 aromatic rings. The fourth-order valence-electron chi connectivity index (χ4n) is 2.41. The molecule has 5 nitrogen and oxygen atoms in total. The van der Waals surface area contributed by atoms with E-state index in [1.807, 2.05) is 41.7 Å². The molecule has 0 unspecified atom stereocenters. The number of ether oxygens (including phenoxy) is 1. The van der Waals surface area contributed by atoms with Crippen LogP contribution in [0.25, 0.3) is 0 Å². The highest BCUT2D eigenvalue weighted by Gasteiger charge is 2.18. The zero-order valence-electron chi connectivity index (χ0n) is 13.8. The van der Waals surface area contributed by atoms with Crippen molar-refractivity contribution in [2.24, 2.45) is 0 Å². The van der Waals surface area contributed by atoms with Crippen molar-refractivity contribution in [2.45, 2.75) is 4.58 Å². The predicted molar refractivity (Wildman–Crippen MR) is 104 cm³/mol. The molecule has 0 saturated carbocycles. The van der Waals surface area contributed by atoms with Crippen molar-refractivity contribution in [1.82, 2.24) is 0 Å². The van der Waals surface area contributed by atoms with E-state index in [0.29, 0.717) is 21.4 Å². The van der Waals surface area contributed by atoms with E-state index < -0.39 is 11.9 Å². The Bertz CT molecular complexity index is 841. The first-order valence-corrected chi connectivity index (χ1v) is 10.1. The van der Waals surface area contributed by atoms with E-state index in [-0.39, 0.29) is 6.61 Å². The third-order valence-electron chi connectivity index (χ3n) is 3.65. The molecule has 1 N–H and O–H groups in total. The van der Waals surface area contributed by atoms with Crippen LogP contribution in [0.5, 0.6) is 0 Å². The monoisotopic (exact) mass is 384 g/mol. The van der Waals surface area contributed by atoms with Gasteiger partial charge in [0.2, 0.25) is 0 Å². The van der Waals surface area contributed by atoms with E-state index in [4.69, 9.17) is 10.00 Å². The van der Waals surface area contributed by atoms with Crippen molar-refractivity contribution in [1.29, 1.82) is 5.26 Å². The quantitative estimate of drug-likeness (QED) is 0.789. The van der Waals surface area contributed by atoms with Crippen molar-refractivity contribution in [2.75, 3.05) is 23.4 Å². The summed E-state index contributed by atoms with van der Waals surface area (Å²) in [5, 5.41) is 11.4. The molecular weight excluding hydrogens is 368 g/mol. The molecule has 1 fully saturated rings. The van der Waals surface area contributed by atoms with Gasteiger partial charge in [0.25, 0.3) is 5.91 Å². The SMILES string of the molecule is N#Cc1cccc(NC(=O)COC(=O)c2ccc(C3SCCS3)cc2)c1. The number of hydrogen-bond acceptors (Lipinski definition) is 6. The number of benzene rings is 2. The lowest BCUT2D eigenvalue weighted by molar-refractivity contribution is -0.119. The average molecular weight is 384 g/mol. The number of rotatable bonds is 5. The molecule has 0 spiro atoms. The van der Waals surface area contributed by atoms with Gasteiger partial charge in [0, 0.05) is 17.2 Å². The molecule has 1 saturated heterocycles. The summed E-state index contributed by atoms with van der Waals surface area (Å²) in [7, 11) is 0. The van der Waals surface area contributed by atoms with Crippen LogP contribution in [0.2, 0.25) is 0 Å². The highest BCUT2D eigenvalue weighted by atomic mass is 32.2. The lowest BCUT2D eigenvalue weighted by atomic mass is 10.1. The number of esters is 1. The molecule has 0 radical (unpaired) electrons. The number of nitrogens with zero attached hydrogens (tertiary/aromatic N) is 1. The van der Waals surface area contributed by atoms with Crippen LogP contribution in [-0.4, -0.2) is 30.0 Å². The van der Waals surface area contributed by atoms with Crippen molar-refractivity contribution >= 4 is 41.1 Å². The van der Waals surface area contributed by atoms with Crippen molar-refractivity contribution in [3.63, 3.8) is 0 Å². The van der Waals surface area contributed by atoms with Crippen LogP contribution in [0, 0.1) is 11.3 Å². The highest BCUT2D eigenvalue weighted by molar-refractivity contribution is 8.19. The molecule has 0 atom stereocenters. The Labute approximate surface area is 160 Å². The van der Waals surface area contributed by atoms with Gasteiger partial charge in [0.1, 0.15) is 0 Å². The first-order chi connectivity index (χ1) is 12.7. The predicted octanol–water partition coefficient (Wildman–Crippen LogP) is 3.83. The van der Waals surface area contributed by atoms with Gasteiger partial charge in [0.05, 0.1) is 21.8 Å². The first-order valence-electron chi connectivity index (χ1n) is 7.96. The van der Waals surface area contributed by atoms with Gasteiger partial charge in [-0.3, -0.25) is 4.79 Å². The second-order valence-electron chi connectivity index (χ2n) is 5.51. The molecule has 3 rings (SSSR count). The minimum atomic E-state index is -0.538. The first kappa shape index (κ1) is 18.4. The number of amides is 1. The van der Waals surface area contributed by atoms with Crippen LogP contribution in [0.3, 0.4) is 0 Å². The van der Waals surface area contributed by atoms with Gasteiger partial charge >= 0.3 is 5.97 Å². The van der Waals surface area contributed by atoms with Crippen LogP contribution >= 0.6 is 23.5 Å². The summed E-state index contributed by atoms with van der Waals surface area (Å²) < 4.78 is 5.48. The fraction of sp³-hybridized carbons (Fsp3) is 0.211. The number of carbonyl (C=O) groups excluding carboxylic acids is 2. The van der Waals surface area contributed by atoms with Gasteiger partial charge in [-0.25, -0.2) is 4.79 Å². The second kappa shape index (κ2) is 8.79. The number of nitrogens with one attached hydrogen (secondary N) is 1. The molecular formula is C19H16N2O3S2. The van der Waals surface area contributed by atoms with Crippen LogP contribution in [0.15, 0.2) is 48.5 Å². The van der Waals surface area contributed by atoms with Gasteiger partial charge < -0.3 is 10.1 Å². The summed E-state index contributed by atoms with van der Waals surface area (Å²) in [6.07, 6.45) is 0. The van der Waals surface area contributed by atoms with E-state index in [9.17, 15) is 9.59 Å². The molecule has 26 heavy (non-hydrogen) atoms. The molecule has 1 aliphatic heterocycles. The summed E-state index contributed by atoms with van der Waals surface area (Å²) in [6.45, 7) is -0.383. The average Bonchev–Trinajstić information content (AvgIpc) is 3.21. The second-order valence-corrected chi connectivity index (χ2v) is 8.24. The molecule has 1 heterocycles. The van der Waals surface area contributed by atoms with E-state index in [1.165, 1.54) is 5.56 Å². The maximum atomic E-state index is 12.1. The summed E-state index contributed by atoms with van der Waals surface area (Å²) in [4.78, 5) is 24.0. The molecule has 1 aliphatic rings. The lowest BCUT2D eigenvalue weighted by Crippen LogP contribution is -2.21. The van der Waals surface area contributed by atoms with Crippen LogP contribution < -0.4 is 5.32 Å². The van der Waals surface area contributed by atoms with Crippen LogP contribution in [0.4, 0.5) is 5.69 Å². The zero-order chi connectivity index (χ0) is 18.4. The highest BCUT2D eigenvalue weighted by Crippen LogP contribution is 2.45. The molecule has 0 bridgehead atoms. The maximum absolute atomic E-state index is 12.1. The fourth-order valence-corrected chi connectivity index (χ4v) is 5.26. The Balaban J connectivity index is 1.51. The molecule has 0 aromatic heterocycles. The molecule has 1 amide bonds. The van der Waals surface area contributed by atoms with E-state index in [2.05, 4.69) is 5.32 Å². The van der Waals surface area contributed by atoms with Crippen molar-refractivity contribution in [3.05, 3.63) is 65.2 Å². The summed E-state index contributed by atoms with van der Waals surface area (Å²) in [6, 6.07) is 15.8. The normalized spacial score (nSPS) is 13.8. The minimum Gasteiger partial charge on any atom is -0.452 e. The van der Waals surface area contributed by atoms with Gasteiger partial charge in [-0.15, -0.1) is 23.5 Å². The largest absolute Gasteiger partial charge is 0.452 e. The minimum absolute atomic E-state index is 0.383. The van der Waals surface area contributed by atoms with Crippen molar-refractivity contribution < 1.29 is 14.3 Å². The maximum Gasteiger partial charge on any atom is 0.338 e. The summed E-state index contributed by atoms with van der Waals surface area (Å²) in [5.41, 5.74) is 2.53. The molecule has 7 heteroatoms. The smallest absolute Gasteiger partial charge is 0.338 e. The third kappa shape index (κ3) is 4.81. The Hall–Kier alpha value is -2.43. The number of thioether (sulfide) groups is 2. The van der Waals surface area contributed by atoms with E-state index in [0.717, 1.165) is 11.5 Å². The molecule has 0 aliphatic carbocycles. The Morgan fingerprint density at radius 3 is 2.58 bits per heavy atom. The van der Waals surface area contributed by atoms with Gasteiger partial charge in [0.15, 0.2) is 6.61 Å². The van der Waals surface area contributed by atoms with Crippen LogP contribution in [-0.2, 0) is 9.53 Å². The lowest BCUT2D eigenvalue weighted by Gasteiger charge is -2.09. The zero-order valence-corrected chi connectivity index (χ0v) is 15.4. The number of carbonyl (C=O) groups is 2. The Morgan fingerprint density at radius 2 is 1.88 bits per heavy atom. The summed E-state index contributed by atoms with van der Waals surface area (Å²) >= 11 is 3.80. The molecule has 132 valence electrons. The van der Waals surface area contributed by atoms with E-state index in [1.54, 1.807) is 36.4 Å². The molecule has 2 aromatic carbocycles. The van der Waals surface area contributed by atoms with Gasteiger partial charge in [-0.1, -0.05) is 18.2 Å². The number of hydrogen-bond donors (Lipinski definition) is 1.